The number of aromatic nitrogens is 6. The van der Waals surface area contributed by atoms with Crippen molar-refractivity contribution in [1.82, 2.24) is 34.7 Å². The molecular weight excluding hydrogens is 402 g/mol. The van der Waals surface area contributed by atoms with Crippen LogP contribution in [0.4, 0.5) is 11.9 Å². The zero-order valence-electron chi connectivity index (χ0n) is 18.6. The van der Waals surface area contributed by atoms with E-state index in [4.69, 9.17) is 9.97 Å². The molecule has 0 amide bonds. The van der Waals surface area contributed by atoms with Crippen molar-refractivity contribution >= 4 is 17.5 Å². The standard InChI is InChI=1S/C23H29N9/c1-17(2)19-16-27-32-21(19)28-23(30-12-5-9-24-11-14-30)29-22(32)25-15-18-7-3-4-8-20(18)31-13-6-10-26-31/h3-4,6-8,10,13,16-17,24H,5,9,11-12,14-15H2,1-2H3,(H,25,28,29). The van der Waals surface area contributed by atoms with Crippen LogP contribution in [0.25, 0.3) is 11.3 Å². The summed E-state index contributed by atoms with van der Waals surface area (Å²) in [7, 11) is 0. The van der Waals surface area contributed by atoms with E-state index in [-0.39, 0.29) is 0 Å². The van der Waals surface area contributed by atoms with E-state index in [1.807, 2.05) is 39.8 Å². The zero-order valence-corrected chi connectivity index (χ0v) is 18.6. The van der Waals surface area contributed by atoms with Crippen molar-refractivity contribution in [1.29, 1.82) is 0 Å². The Bertz CT molecular complexity index is 1170. The Labute approximate surface area is 187 Å². The van der Waals surface area contributed by atoms with Gasteiger partial charge < -0.3 is 15.5 Å². The minimum atomic E-state index is 0.328. The van der Waals surface area contributed by atoms with Gasteiger partial charge in [-0.15, -0.1) is 0 Å². The number of nitrogens with zero attached hydrogens (tertiary/aromatic N) is 7. The Morgan fingerprint density at radius 3 is 2.81 bits per heavy atom. The smallest absolute Gasteiger partial charge is 0.230 e. The number of nitrogens with one attached hydrogen (secondary N) is 2. The van der Waals surface area contributed by atoms with Crippen LogP contribution in [-0.4, -0.2) is 55.5 Å². The minimum absolute atomic E-state index is 0.328. The second-order valence-corrected chi connectivity index (χ2v) is 8.36. The van der Waals surface area contributed by atoms with Crippen LogP contribution in [0.2, 0.25) is 0 Å². The number of fused-ring (bicyclic) bond motifs is 1. The van der Waals surface area contributed by atoms with Gasteiger partial charge in [0.2, 0.25) is 11.9 Å². The van der Waals surface area contributed by atoms with Gasteiger partial charge in [-0.2, -0.15) is 24.7 Å². The van der Waals surface area contributed by atoms with Crippen LogP contribution in [0.1, 0.15) is 37.3 Å². The lowest BCUT2D eigenvalue weighted by Crippen LogP contribution is -2.30. The summed E-state index contributed by atoms with van der Waals surface area (Å²) in [5.74, 6) is 1.78. The van der Waals surface area contributed by atoms with Gasteiger partial charge in [0, 0.05) is 44.1 Å². The van der Waals surface area contributed by atoms with E-state index in [0.717, 1.165) is 61.0 Å². The number of para-hydroxylation sites is 1. The van der Waals surface area contributed by atoms with Crippen molar-refractivity contribution in [3.63, 3.8) is 0 Å². The topological polar surface area (TPSA) is 88.2 Å². The molecule has 0 unspecified atom stereocenters. The molecule has 1 aliphatic rings. The molecular formula is C23H29N9. The third-order valence-electron chi connectivity index (χ3n) is 5.81. The molecule has 2 N–H and O–H groups in total. The second kappa shape index (κ2) is 8.96. The SMILES string of the molecule is CC(C)c1cnn2c(NCc3ccccc3-n3cccn3)nc(N3CCCNCC3)nc12. The fourth-order valence-electron chi connectivity index (χ4n) is 4.06. The van der Waals surface area contributed by atoms with Crippen molar-refractivity contribution in [2.24, 2.45) is 0 Å². The Kier molecular flexibility index (Phi) is 5.72. The Morgan fingerprint density at radius 2 is 1.97 bits per heavy atom. The maximum atomic E-state index is 4.93. The first kappa shape index (κ1) is 20.4. The zero-order chi connectivity index (χ0) is 21.9. The lowest BCUT2D eigenvalue weighted by molar-refractivity contribution is 0.724. The van der Waals surface area contributed by atoms with Gasteiger partial charge in [0.15, 0.2) is 5.65 Å². The third kappa shape index (κ3) is 4.03. The van der Waals surface area contributed by atoms with E-state index >= 15 is 0 Å². The summed E-state index contributed by atoms with van der Waals surface area (Å²) < 4.78 is 3.71. The lowest BCUT2D eigenvalue weighted by atomic mass is 10.1. The van der Waals surface area contributed by atoms with Gasteiger partial charge in [0.1, 0.15) is 0 Å². The van der Waals surface area contributed by atoms with Gasteiger partial charge in [-0.3, -0.25) is 0 Å². The van der Waals surface area contributed by atoms with E-state index in [0.29, 0.717) is 18.4 Å². The van der Waals surface area contributed by atoms with Crippen LogP contribution >= 0.6 is 0 Å². The molecule has 0 atom stereocenters. The summed E-state index contributed by atoms with van der Waals surface area (Å²) >= 11 is 0. The van der Waals surface area contributed by atoms with Crippen molar-refractivity contribution in [2.45, 2.75) is 32.7 Å². The molecule has 1 saturated heterocycles. The molecule has 0 aliphatic carbocycles. The molecule has 1 aromatic carbocycles. The van der Waals surface area contributed by atoms with E-state index in [9.17, 15) is 0 Å². The Hall–Kier alpha value is -3.46. The highest BCUT2D eigenvalue weighted by Crippen LogP contribution is 2.24. The highest BCUT2D eigenvalue weighted by Gasteiger charge is 2.19. The number of benzene rings is 1. The molecule has 9 nitrogen and oxygen atoms in total. The van der Waals surface area contributed by atoms with Crippen LogP contribution in [0.15, 0.2) is 48.9 Å². The summed E-state index contributed by atoms with van der Waals surface area (Å²) in [6.45, 7) is 8.73. The number of anilines is 2. The van der Waals surface area contributed by atoms with Crippen LogP contribution in [0.5, 0.6) is 0 Å². The van der Waals surface area contributed by atoms with Gasteiger partial charge in [0.25, 0.3) is 0 Å². The van der Waals surface area contributed by atoms with Gasteiger partial charge in [-0.05, 0) is 36.6 Å². The third-order valence-corrected chi connectivity index (χ3v) is 5.81. The molecule has 0 saturated carbocycles. The lowest BCUT2D eigenvalue weighted by Gasteiger charge is -2.21. The first-order chi connectivity index (χ1) is 15.7. The van der Waals surface area contributed by atoms with E-state index in [2.05, 4.69) is 51.7 Å². The number of hydrogen-bond donors (Lipinski definition) is 2. The van der Waals surface area contributed by atoms with Crippen molar-refractivity contribution in [3.05, 3.63) is 60.0 Å². The average Bonchev–Trinajstić information content (AvgIpc) is 3.41. The molecule has 9 heteroatoms. The first-order valence-electron chi connectivity index (χ1n) is 11.2. The molecule has 166 valence electrons. The molecule has 0 bridgehead atoms. The van der Waals surface area contributed by atoms with Crippen molar-refractivity contribution < 1.29 is 0 Å². The van der Waals surface area contributed by atoms with E-state index in [1.165, 1.54) is 0 Å². The molecule has 1 aliphatic heterocycles. The van der Waals surface area contributed by atoms with Crippen LogP contribution in [-0.2, 0) is 6.54 Å². The highest BCUT2D eigenvalue weighted by atomic mass is 15.4. The quantitative estimate of drug-likeness (QED) is 0.485. The van der Waals surface area contributed by atoms with Crippen LogP contribution < -0.4 is 15.5 Å². The second-order valence-electron chi connectivity index (χ2n) is 8.36. The number of rotatable bonds is 6. The van der Waals surface area contributed by atoms with Crippen molar-refractivity contribution in [3.8, 4) is 5.69 Å². The summed E-state index contributed by atoms with van der Waals surface area (Å²) in [5, 5.41) is 16.0. The normalized spacial score (nSPS) is 14.8. The van der Waals surface area contributed by atoms with Gasteiger partial charge in [-0.25, -0.2) is 4.68 Å². The van der Waals surface area contributed by atoms with Gasteiger partial charge in [0.05, 0.1) is 11.9 Å². The summed E-state index contributed by atoms with van der Waals surface area (Å²) in [6, 6.07) is 10.2. The van der Waals surface area contributed by atoms with Crippen LogP contribution in [0, 0.1) is 0 Å². The van der Waals surface area contributed by atoms with Gasteiger partial charge >= 0.3 is 0 Å². The maximum absolute atomic E-state index is 4.93. The fourth-order valence-corrected chi connectivity index (χ4v) is 4.06. The van der Waals surface area contributed by atoms with Crippen molar-refractivity contribution in [2.75, 3.05) is 36.4 Å². The van der Waals surface area contributed by atoms with E-state index in [1.54, 1.807) is 6.20 Å². The molecule has 3 aromatic heterocycles. The molecule has 1 fully saturated rings. The predicted octanol–water partition coefficient (Wildman–Crippen LogP) is 2.85. The first-order valence-corrected chi connectivity index (χ1v) is 11.2. The van der Waals surface area contributed by atoms with Gasteiger partial charge in [-0.1, -0.05) is 32.0 Å². The summed E-state index contributed by atoms with van der Waals surface area (Å²) in [4.78, 5) is 12.1. The molecule has 5 rings (SSSR count). The highest BCUT2D eigenvalue weighted by molar-refractivity contribution is 5.56. The molecule has 0 radical (unpaired) electrons. The molecule has 0 spiro atoms. The minimum Gasteiger partial charge on any atom is -0.350 e. The molecule has 4 aromatic rings. The molecule has 4 heterocycles. The fraction of sp³-hybridized carbons (Fsp3) is 0.391. The summed E-state index contributed by atoms with van der Waals surface area (Å²) in [5.41, 5.74) is 4.16. The number of hydrogen-bond acceptors (Lipinski definition) is 7. The predicted molar refractivity (Wildman–Crippen MR) is 125 cm³/mol. The van der Waals surface area contributed by atoms with E-state index < -0.39 is 0 Å². The maximum Gasteiger partial charge on any atom is 0.230 e. The monoisotopic (exact) mass is 431 g/mol. The van der Waals surface area contributed by atoms with Crippen LogP contribution in [0.3, 0.4) is 0 Å². The largest absolute Gasteiger partial charge is 0.350 e. The Morgan fingerprint density at radius 1 is 1.06 bits per heavy atom. The average molecular weight is 432 g/mol. The summed E-state index contributed by atoms with van der Waals surface area (Å²) in [6.07, 6.45) is 6.73. The molecule has 32 heavy (non-hydrogen) atoms. The Balaban J connectivity index is 1.51.